The Morgan fingerprint density at radius 2 is 0.746 bits per heavy atom. The van der Waals surface area contributed by atoms with Gasteiger partial charge in [-0.3, -0.25) is 9.80 Å². The maximum atomic E-state index is 13.4. The van der Waals surface area contributed by atoms with Crippen molar-refractivity contribution in [2.24, 2.45) is 0 Å². The highest BCUT2D eigenvalue weighted by molar-refractivity contribution is 9.10. The van der Waals surface area contributed by atoms with Crippen LogP contribution in [0.5, 0.6) is 11.5 Å². The van der Waals surface area contributed by atoms with E-state index in [1.807, 2.05) is 138 Å². The summed E-state index contributed by atoms with van der Waals surface area (Å²) < 4.78 is 23.4. The Morgan fingerprint density at radius 3 is 1.17 bits per heavy atom. The molecule has 0 radical (unpaired) electrons. The topological polar surface area (TPSA) is 219 Å². The van der Waals surface area contributed by atoms with Gasteiger partial charge in [-0.1, -0.05) is 212 Å². The van der Waals surface area contributed by atoms with Crippen LogP contribution in [0.25, 0.3) is 54.5 Å². The molecule has 32 heteroatoms. The molecule has 2 aliphatic carbocycles. The number of ether oxygens (including phenoxy) is 4. The van der Waals surface area contributed by atoms with Crippen molar-refractivity contribution in [2.75, 3.05) is 72.6 Å². The molecule has 2 fully saturated rings. The zero-order chi connectivity index (χ0) is 99.1. The first-order valence-electron chi connectivity index (χ1n) is 48.3. The lowest BCUT2D eigenvalue weighted by molar-refractivity contribution is 0.0927. The average Bonchev–Trinajstić information content (AvgIpc) is 1.59. The van der Waals surface area contributed by atoms with Crippen molar-refractivity contribution in [2.45, 2.75) is 152 Å². The Morgan fingerprint density at radius 1 is 0.387 bits per heavy atom. The van der Waals surface area contributed by atoms with Gasteiger partial charge >= 0.3 is 18.2 Å². The van der Waals surface area contributed by atoms with Crippen molar-refractivity contribution in [1.82, 2.24) is 65.4 Å². The van der Waals surface area contributed by atoms with Crippen LogP contribution in [0.15, 0.2) is 215 Å². The SMILES string of the molecule is CCNC(=S)N1CCc2c([nH]c3ccc(Cl)cc23)C1c1ccc(OC)cc1.CCOC(=O)N1CCc2c([nH]c3ccc(Br)cc23)C1c1cccc(Cl)c1Cl.COc1ccc(C2c3[nH]c4ccc(Cl)cc4c3CCN2C(=O)NC2CCCCC2)cc1.O=C(OCCCl)N1CCc2c([nH]c3ccc(Cl)cc23)C1c1cccc(Cl)c1.S=C(NC1CCCCC1)N1CCc2c([nH]c3ccc(Br)cc23)C1c1cccc(Cl)c1. The molecule has 2 saturated carbocycles. The van der Waals surface area contributed by atoms with Gasteiger partial charge in [0.25, 0.3) is 0 Å². The molecule has 0 bridgehead atoms. The molecule has 0 spiro atoms. The molecule has 0 saturated heterocycles. The number of halogens is 10. The first kappa shape index (κ1) is 102. The number of thiocarbonyl (C=S) groups is 2. The molecule has 15 aromatic rings. The maximum absolute atomic E-state index is 13.4. The summed E-state index contributed by atoms with van der Waals surface area (Å²) in [5, 5.41) is 22.3. The Hall–Kier alpha value is -10.0. The van der Waals surface area contributed by atoms with E-state index in [1.54, 1.807) is 37.0 Å². The fraction of sp³-hybridized carbons (Fsp3) is 0.318. The van der Waals surface area contributed by atoms with Crippen LogP contribution in [0.4, 0.5) is 14.4 Å². The molecule has 5 aliphatic heterocycles. The van der Waals surface area contributed by atoms with Crippen LogP contribution in [0.2, 0.25) is 35.2 Å². The number of hydrogen-bond donors (Lipinski definition) is 8. The number of urea groups is 1. The van der Waals surface area contributed by atoms with Crippen LogP contribution in [0.3, 0.4) is 0 Å². The first-order valence-corrected chi connectivity index (χ1v) is 53.9. The van der Waals surface area contributed by atoms with E-state index in [-0.39, 0.29) is 67.0 Å². The zero-order valence-corrected chi connectivity index (χ0v) is 89.7. The summed E-state index contributed by atoms with van der Waals surface area (Å²) in [4.78, 5) is 66.7. The highest BCUT2D eigenvalue weighted by Gasteiger charge is 2.42. The number of aromatic nitrogens is 5. The van der Waals surface area contributed by atoms with Gasteiger partial charge in [-0.15, -0.1) is 11.6 Å². The molecule has 8 N–H and O–H groups in total. The van der Waals surface area contributed by atoms with Gasteiger partial charge in [-0.2, -0.15) is 0 Å². The summed E-state index contributed by atoms with van der Waals surface area (Å²) in [5.41, 5.74) is 22.2. The number of nitrogens with zero attached hydrogens (tertiary/aromatic N) is 5. The van der Waals surface area contributed by atoms with Crippen molar-refractivity contribution in [1.29, 1.82) is 0 Å². The number of amides is 4. The number of methoxy groups -OCH3 is 2. The third-order valence-corrected chi connectivity index (χ3v) is 31.8. The van der Waals surface area contributed by atoms with Gasteiger partial charge in [0.1, 0.15) is 30.2 Å². The summed E-state index contributed by atoms with van der Waals surface area (Å²) in [6.07, 6.45) is 15.5. The number of benzene rings is 10. The molecule has 738 valence electrons. The van der Waals surface area contributed by atoms with Crippen molar-refractivity contribution in [3.8, 4) is 11.5 Å². The van der Waals surface area contributed by atoms with Crippen molar-refractivity contribution >= 4 is 232 Å². The van der Waals surface area contributed by atoms with Crippen LogP contribution >= 0.6 is 149 Å². The van der Waals surface area contributed by atoms with E-state index in [2.05, 4.69) is 156 Å². The van der Waals surface area contributed by atoms with Gasteiger partial charge in [0.2, 0.25) is 0 Å². The minimum Gasteiger partial charge on any atom is -0.497 e. The maximum Gasteiger partial charge on any atom is 0.410 e. The molecule has 5 atom stereocenters. The minimum atomic E-state index is -0.386. The Bertz CT molecular complexity index is 7150. The fourth-order valence-electron chi connectivity index (χ4n) is 21.4. The molecule has 7 aliphatic rings. The van der Waals surface area contributed by atoms with Gasteiger partial charge in [-0.25, -0.2) is 14.4 Å². The number of nitrogens with one attached hydrogen (secondary N) is 8. The molecule has 5 aromatic heterocycles. The third-order valence-electron chi connectivity index (χ3n) is 27.9. The van der Waals surface area contributed by atoms with Gasteiger partial charge < -0.3 is 74.5 Å². The lowest BCUT2D eigenvalue weighted by atomic mass is 9.92. The second kappa shape index (κ2) is 46.1. The van der Waals surface area contributed by atoms with E-state index in [0.29, 0.717) is 58.8 Å². The second-order valence-corrected chi connectivity index (χ2v) is 42.4. The van der Waals surface area contributed by atoms with Crippen LogP contribution in [-0.2, 0) is 41.6 Å². The average molecular weight is 2230 g/mol. The molecule has 10 heterocycles. The summed E-state index contributed by atoms with van der Waals surface area (Å²) in [6.45, 7) is 8.65. The monoisotopic (exact) mass is 2230 g/mol. The lowest BCUT2D eigenvalue weighted by Crippen LogP contribution is -2.49. The third kappa shape index (κ3) is 22.2. The smallest absolute Gasteiger partial charge is 0.410 e. The van der Waals surface area contributed by atoms with E-state index in [4.69, 9.17) is 136 Å². The summed E-state index contributed by atoms with van der Waals surface area (Å²) in [5.74, 6) is 1.91. The molecule has 20 nitrogen and oxygen atoms in total. The predicted octanol–water partition coefficient (Wildman–Crippen LogP) is 29.4. The van der Waals surface area contributed by atoms with E-state index in [9.17, 15) is 14.4 Å². The normalized spacial score (nSPS) is 17.7. The molecule has 4 amide bonds. The van der Waals surface area contributed by atoms with Gasteiger partial charge in [0.15, 0.2) is 10.2 Å². The highest BCUT2D eigenvalue weighted by atomic mass is 79.9. The Balaban J connectivity index is 0.000000117. The first-order chi connectivity index (χ1) is 68.9. The van der Waals surface area contributed by atoms with Crippen molar-refractivity contribution in [3.05, 3.63) is 334 Å². The number of alkyl halides is 1. The molecule has 10 aromatic carbocycles. The number of aromatic amines is 5. The molecule has 22 rings (SSSR count). The summed E-state index contributed by atoms with van der Waals surface area (Å²) >= 11 is 68.6. The predicted molar refractivity (Wildman–Crippen MR) is 592 cm³/mol. The van der Waals surface area contributed by atoms with E-state index >= 15 is 0 Å². The minimum absolute atomic E-state index is 0.0232. The standard InChI is InChI=1S/C25H28ClN3O2.C24H25BrClN3S.C21H22ClN3OS.C20H17BrCl2N2O2.C20H17Cl3N2O2/c1-31-19-10-7-16(8-11-19)24-23-20(21-15-17(26)9-12-22(21)28-23)13-14-29(24)25(30)27-18-5-3-2-4-6-18;25-16-9-10-21-20(14-16)19-11-12-29(24(30)27-18-7-2-1-3-8-18)23(22(19)28-21)15-5-4-6-17(26)13-15;1-3-23-21(27)25-11-10-16-17-12-14(22)6-9-18(17)24-19(16)20(25)13-4-7-15(26-2)8-5-13;1-2-27-20(26)25-9-8-12-14-10-11(21)6-7-16(14)24-18(12)19(25)13-4-3-5-15(22)17(13)23;21-7-9-27-20(26)25-8-6-15-16-11-14(23)4-5-17(16)24-18(15)19(25)12-2-1-3-13(22)10-12/h7-12,15,18,24,28H,2-6,13-14H2,1H3,(H,27,30);4-6,9-10,13-14,18,23,28H,1-3,7-8,11-12H2,(H,27,30);4-9,12,20,24H,3,10-11H2,1-2H3,(H,23,27);3-7,10,19,24H,2,8-9H2,1H3;1-5,10-11,19,24H,6-9H2. The fourth-order valence-corrected chi connectivity index (χ4v) is 24.2. The van der Waals surface area contributed by atoms with Crippen molar-refractivity contribution < 1.29 is 33.3 Å². The Labute approximate surface area is 893 Å². The van der Waals surface area contributed by atoms with Gasteiger partial charge in [0, 0.05) is 174 Å². The van der Waals surface area contributed by atoms with Crippen molar-refractivity contribution in [3.63, 3.8) is 0 Å². The van der Waals surface area contributed by atoms with E-state index < -0.39 is 0 Å². The number of carbonyl (C=O) groups excluding carboxylic acids is 3. The molecule has 142 heavy (non-hydrogen) atoms. The van der Waals surface area contributed by atoms with E-state index in [1.165, 1.54) is 118 Å². The summed E-state index contributed by atoms with van der Waals surface area (Å²) in [6, 6.07) is 67.8. The van der Waals surface area contributed by atoms with Gasteiger partial charge in [0.05, 0.1) is 54.9 Å². The van der Waals surface area contributed by atoms with Crippen LogP contribution < -0.4 is 25.4 Å². The zero-order valence-electron chi connectivity index (χ0n) is 78.8. The van der Waals surface area contributed by atoms with Crippen LogP contribution in [0, 0.1) is 0 Å². The number of fused-ring (bicyclic) bond motifs is 15. The number of H-pyrrole nitrogens is 5. The van der Waals surface area contributed by atoms with Crippen LogP contribution in [-0.4, -0.2) is 163 Å². The molecular weight excluding hydrogens is 2120 g/mol. The molecular formula is C110H109Br2Cl8N13O7S2. The summed E-state index contributed by atoms with van der Waals surface area (Å²) in [7, 11) is 3.35. The lowest BCUT2D eigenvalue weighted by Gasteiger charge is -2.39. The number of hydrogen-bond acceptors (Lipinski definition) is 9. The van der Waals surface area contributed by atoms with E-state index in [0.717, 1.165) is 176 Å². The van der Waals surface area contributed by atoms with Crippen LogP contribution in [0.1, 0.15) is 192 Å². The number of carbonyl (C=O) groups is 3. The highest BCUT2D eigenvalue weighted by Crippen LogP contribution is 2.48. The largest absolute Gasteiger partial charge is 0.497 e. The Kier molecular flexibility index (Phi) is 33.1. The second-order valence-electron chi connectivity index (χ2n) is 36.5. The molecule has 5 unspecified atom stereocenters. The number of rotatable bonds is 13. The quantitative estimate of drug-likeness (QED) is 0.0398. The van der Waals surface area contributed by atoms with Gasteiger partial charge in [-0.05, 0) is 292 Å².